The van der Waals surface area contributed by atoms with Crippen LogP contribution in [0.1, 0.15) is 12.5 Å². The number of benzene rings is 1. The summed E-state index contributed by atoms with van der Waals surface area (Å²) in [6.45, 7) is 2.50. The van der Waals surface area contributed by atoms with E-state index in [9.17, 15) is 0 Å². The molecular formula is C11H12B2O2. The van der Waals surface area contributed by atoms with Crippen LogP contribution in [0.4, 0.5) is 0 Å². The predicted molar refractivity (Wildman–Crippen MR) is 63.6 cm³/mol. The summed E-state index contributed by atoms with van der Waals surface area (Å²) in [6.07, 6.45) is 1.67. The van der Waals surface area contributed by atoms with Gasteiger partial charge in [-0.1, -0.05) is 12.1 Å². The normalized spacial score (nSPS) is 9.47. The van der Waals surface area contributed by atoms with E-state index in [0.717, 1.165) is 5.56 Å². The van der Waals surface area contributed by atoms with Gasteiger partial charge in [-0.25, -0.2) is 0 Å². The van der Waals surface area contributed by atoms with Crippen LogP contribution in [0.2, 0.25) is 0 Å². The Hall–Kier alpha value is -1.31. The molecule has 1 rings (SSSR count). The second-order valence-corrected chi connectivity index (χ2v) is 2.99. The molecule has 0 amide bonds. The van der Waals surface area contributed by atoms with Gasteiger partial charge >= 0.3 is 0 Å². The smallest absolute Gasteiger partial charge is 0.161 e. The van der Waals surface area contributed by atoms with Crippen molar-refractivity contribution in [2.75, 3.05) is 13.7 Å². The van der Waals surface area contributed by atoms with E-state index in [2.05, 4.69) is 0 Å². The van der Waals surface area contributed by atoms with Gasteiger partial charge in [0, 0.05) is 0 Å². The van der Waals surface area contributed by atoms with Crippen molar-refractivity contribution < 1.29 is 9.47 Å². The lowest BCUT2D eigenvalue weighted by Crippen LogP contribution is -1.95. The third-order valence-electron chi connectivity index (χ3n) is 1.82. The van der Waals surface area contributed by atoms with Crippen molar-refractivity contribution in [2.45, 2.75) is 6.92 Å². The molecular weight excluding hydrogens is 186 g/mol. The zero-order valence-corrected chi connectivity index (χ0v) is 8.99. The third-order valence-corrected chi connectivity index (χ3v) is 1.82. The first-order valence-electron chi connectivity index (χ1n) is 4.71. The summed E-state index contributed by atoms with van der Waals surface area (Å²) in [7, 11) is 12.4. The minimum Gasteiger partial charge on any atom is -0.493 e. The highest BCUT2D eigenvalue weighted by atomic mass is 16.5. The maximum atomic E-state index is 5.41. The standard InChI is InChI=1S/C11H12B2O2/c1-3-15-10-6-8(7-11(12)13)4-5-9(10)14-2/h4-7H,3H2,1-2H3. The fraction of sp³-hybridized carbons (Fsp3) is 0.273. The Kier molecular flexibility index (Phi) is 4.35. The molecule has 0 heterocycles. The lowest BCUT2D eigenvalue weighted by molar-refractivity contribution is 0.311. The first-order chi connectivity index (χ1) is 7.17. The Balaban J connectivity index is 3.04. The first-order valence-corrected chi connectivity index (χ1v) is 4.71. The van der Waals surface area contributed by atoms with Gasteiger partial charge in [0.05, 0.1) is 29.4 Å². The molecule has 1 aromatic carbocycles. The number of methoxy groups -OCH3 is 1. The van der Waals surface area contributed by atoms with Crippen LogP contribution in [0.3, 0.4) is 0 Å². The van der Waals surface area contributed by atoms with Gasteiger partial charge in [0.25, 0.3) is 0 Å². The molecule has 0 N–H and O–H groups in total. The van der Waals surface area contributed by atoms with E-state index < -0.39 is 0 Å². The van der Waals surface area contributed by atoms with Crippen molar-refractivity contribution in [2.24, 2.45) is 0 Å². The summed E-state index contributed by atoms with van der Waals surface area (Å²) in [4.78, 5) is 0. The van der Waals surface area contributed by atoms with Gasteiger partial charge in [-0.15, -0.1) is 0 Å². The molecule has 0 fully saturated rings. The molecule has 0 aliphatic heterocycles. The van der Waals surface area contributed by atoms with Crippen molar-refractivity contribution in [3.05, 3.63) is 29.1 Å². The molecule has 0 saturated heterocycles. The topological polar surface area (TPSA) is 18.5 Å². The minimum atomic E-state index is 0.266. The summed E-state index contributed by atoms with van der Waals surface area (Å²) < 4.78 is 10.6. The predicted octanol–water partition coefficient (Wildman–Crippen LogP) is 1.73. The Labute approximate surface area is 93.1 Å². The summed E-state index contributed by atoms with van der Waals surface area (Å²) in [6, 6.07) is 5.52. The van der Waals surface area contributed by atoms with Crippen molar-refractivity contribution >= 4 is 21.8 Å². The number of hydrogen-bond donors (Lipinski definition) is 0. The van der Waals surface area contributed by atoms with Crippen LogP contribution >= 0.6 is 0 Å². The van der Waals surface area contributed by atoms with Gasteiger partial charge in [-0.3, -0.25) is 0 Å². The Bertz CT molecular complexity index is 358. The lowest BCUT2D eigenvalue weighted by Gasteiger charge is -2.09. The summed E-state index contributed by atoms with van der Waals surface area (Å²) in [5.74, 6) is 1.39. The largest absolute Gasteiger partial charge is 0.493 e. The fourth-order valence-corrected chi connectivity index (χ4v) is 1.24. The highest BCUT2D eigenvalue weighted by Crippen LogP contribution is 2.28. The zero-order chi connectivity index (χ0) is 11.3. The molecule has 1 aromatic rings. The van der Waals surface area contributed by atoms with E-state index in [-0.39, 0.29) is 5.37 Å². The van der Waals surface area contributed by atoms with Crippen LogP contribution in [0.5, 0.6) is 11.5 Å². The maximum absolute atomic E-state index is 5.41. The molecule has 15 heavy (non-hydrogen) atoms. The molecule has 0 atom stereocenters. The average Bonchev–Trinajstić information content (AvgIpc) is 2.18. The van der Waals surface area contributed by atoms with Gasteiger partial charge < -0.3 is 9.47 Å². The lowest BCUT2D eigenvalue weighted by atomic mass is 9.77. The van der Waals surface area contributed by atoms with Crippen molar-refractivity contribution in [3.8, 4) is 11.5 Å². The van der Waals surface area contributed by atoms with E-state index in [4.69, 9.17) is 25.2 Å². The molecule has 2 nitrogen and oxygen atoms in total. The molecule has 0 aromatic heterocycles. The molecule has 0 bridgehead atoms. The zero-order valence-electron chi connectivity index (χ0n) is 8.99. The van der Waals surface area contributed by atoms with Gasteiger partial charge in [0.2, 0.25) is 0 Å². The first kappa shape index (κ1) is 11.8. The summed E-state index contributed by atoms with van der Waals surface area (Å²) in [5, 5.41) is 0.266. The summed E-state index contributed by atoms with van der Waals surface area (Å²) >= 11 is 0. The van der Waals surface area contributed by atoms with Crippen LogP contribution in [-0.4, -0.2) is 29.4 Å². The van der Waals surface area contributed by atoms with Crippen LogP contribution in [0.25, 0.3) is 6.08 Å². The van der Waals surface area contributed by atoms with Crippen molar-refractivity contribution in [1.82, 2.24) is 0 Å². The SMILES string of the molecule is [B]C([B])=Cc1ccc(OC)c(OCC)c1. The monoisotopic (exact) mass is 198 g/mol. The molecule has 0 saturated carbocycles. The number of hydrogen-bond acceptors (Lipinski definition) is 2. The molecule has 0 unspecified atom stereocenters. The summed E-state index contributed by atoms with van der Waals surface area (Å²) in [5.41, 5.74) is 0.888. The van der Waals surface area contributed by atoms with E-state index >= 15 is 0 Å². The molecule has 0 spiro atoms. The Morgan fingerprint density at radius 2 is 2.07 bits per heavy atom. The van der Waals surface area contributed by atoms with Crippen molar-refractivity contribution in [3.63, 3.8) is 0 Å². The van der Waals surface area contributed by atoms with Crippen LogP contribution in [0.15, 0.2) is 23.6 Å². The van der Waals surface area contributed by atoms with Gasteiger partial charge in [0.15, 0.2) is 11.5 Å². The third kappa shape index (κ3) is 3.39. The Morgan fingerprint density at radius 3 is 2.60 bits per heavy atom. The average molecular weight is 198 g/mol. The number of rotatable bonds is 4. The molecule has 0 aliphatic carbocycles. The second kappa shape index (κ2) is 5.54. The van der Waals surface area contributed by atoms with Crippen molar-refractivity contribution in [1.29, 1.82) is 0 Å². The highest BCUT2D eigenvalue weighted by Gasteiger charge is 2.03. The van der Waals surface area contributed by atoms with E-state index in [1.165, 1.54) is 0 Å². The minimum absolute atomic E-state index is 0.266. The molecule has 4 heteroatoms. The highest BCUT2D eigenvalue weighted by molar-refractivity contribution is 6.50. The maximum Gasteiger partial charge on any atom is 0.161 e. The van der Waals surface area contributed by atoms with E-state index in [1.54, 1.807) is 13.2 Å². The van der Waals surface area contributed by atoms with Gasteiger partial charge in [0.1, 0.15) is 0 Å². The molecule has 4 radical (unpaired) electrons. The van der Waals surface area contributed by atoms with Gasteiger partial charge in [-0.2, -0.15) is 5.37 Å². The van der Waals surface area contributed by atoms with Crippen LogP contribution < -0.4 is 9.47 Å². The molecule has 74 valence electrons. The Morgan fingerprint density at radius 1 is 1.33 bits per heavy atom. The van der Waals surface area contributed by atoms with Crippen LogP contribution in [0, 0.1) is 0 Å². The second-order valence-electron chi connectivity index (χ2n) is 2.99. The quantitative estimate of drug-likeness (QED) is 0.685. The molecule has 0 aliphatic rings. The van der Waals surface area contributed by atoms with E-state index in [0.29, 0.717) is 18.1 Å². The number of ether oxygens (including phenoxy) is 2. The van der Waals surface area contributed by atoms with Crippen LogP contribution in [-0.2, 0) is 0 Å². The van der Waals surface area contributed by atoms with Gasteiger partial charge in [-0.05, 0) is 24.6 Å². The fourth-order valence-electron chi connectivity index (χ4n) is 1.24. The van der Waals surface area contributed by atoms with E-state index in [1.807, 2.05) is 25.1 Å².